The Morgan fingerprint density at radius 1 is 1.31 bits per heavy atom. The maximum atomic E-state index is 12.5. The molecule has 9 nitrogen and oxygen atoms in total. The Balaban J connectivity index is 1.85. The van der Waals surface area contributed by atoms with Gasteiger partial charge in [0, 0.05) is 23.8 Å². The van der Waals surface area contributed by atoms with Gasteiger partial charge in [0.25, 0.3) is 16.8 Å². The zero-order valence-electron chi connectivity index (χ0n) is 15.7. The highest BCUT2D eigenvalue weighted by molar-refractivity contribution is 8.18. The van der Waals surface area contributed by atoms with Crippen LogP contribution in [-0.4, -0.2) is 40.1 Å². The maximum Gasteiger partial charge on any atom is 0.328 e. The number of nitro benzene ring substituents is 1. The summed E-state index contributed by atoms with van der Waals surface area (Å²) in [6.07, 6.45) is 1.42. The minimum atomic E-state index is -1.03. The summed E-state index contributed by atoms with van der Waals surface area (Å²) in [6.45, 7) is 3.14. The quantitative estimate of drug-likeness (QED) is 0.313. The molecule has 0 bridgehead atoms. The number of hydrogen-bond acceptors (Lipinski definition) is 8. The Kier molecular flexibility index (Phi) is 5.55. The number of rotatable bonds is 5. The van der Waals surface area contributed by atoms with E-state index in [1.54, 1.807) is 25.1 Å². The van der Waals surface area contributed by atoms with E-state index in [0.29, 0.717) is 34.4 Å². The van der Waals surface area contributed by atoms with Crippen molar-refractivity contribution in [1.82, 2.24) is 4.90 Å². The van der Waals surface area contributed by atoms with Crippen molar-refractivity contribution in [1.29, 1.82) is 0 Å². The first kappa shape index (κ1) is 20.3. The summed E-state index contributed by atoms with van der Waals surface area (Å²) >= 11 is 0.702. The van der Waals surface area contributed by atoms with E-state index in [1.165, 1.54) is 32.2 Å². The largest absolute Gasteiger partial charge is 0.467 e. The standard InChI is InChI=1S/C19H16N2O7S/c1-10-8-12(21(25)26)4-6-14(10)15-7-5-13(28-15)9-16-17(22)20(19(24)29-16)11(2)18(23)27-3/h4-9,11H,1-3H3/b16-9+/t11-/m1/s1. The first-order chi connectivity index (χ1) is 13.7. The van der Waals surface area contributed by atoms with Crippen LogP contribution < -0.4 is 0 Å². The molecule has 0 spiro atoms. The lowest BCUT2D eigenvalue weighted by Gasteiger charge is -2.18. The van der Waals surface area contributed by atoms with Crippen LogP contribution in [0.15, 0.2) is 39.7 Å². The first-order valence-electron chi connectivity index (χ1n) is 8.43. The van der Waals surface area contributed by atoms with Crippen LogP contribution in [0, 0.1) is 17.0 Å². The van der Waals surface area contributed by atoms with Gasteiger partial charge >= 0.3 is 5.97 Å². The number of ether oxygens (including phenoxy) is 1. The number of furan rings is 1. The fourth-order valence-corrected chi connectivity index (χ4v) is 3.72. The number of esters is 1. The van der Waals surface area contributed by atoms with Gasteiger partial charge in [-0.3, -0.25) is 24.6 Å². The van der Waals surface area contributed by atoms with Crippen molar-refractivity contribution in [2.24, 2.45) is 0 Å². The molecule has 3 rings (SSSR count). The molecule has 150 valence electrons. The van der Waals surface area contributed by atoms with E-state index in [2.05, 4.69) is 4.74 Å². The van der Waals surface area contributed by atoms with Gasteiger partial charge in [0.05, 0.1) is 16.9 Å². The van der Waals surface area contributed by atoms with Gasteiger partial charge in [-0.2, -0.15) is 0 Å². The first-order valence-corrected chi connectivity index (χ1v) is 9.24. The average molecular weight is 416 g/mol. The van der Waals surface area contributed by atoms with Crippen LogP contribution in [0.25, 0.3) is 17.4 Å². The summed E-state index contributed by atoms with van der Waals surface area (Å²) in [5, 5.41) is 10.3. The van der Waals surface area contributed by atoms with E-state index in [4.69, 9.17) is 4.42 Å². The fourth-order valence-electron chi connectivity index (χ4n) is 2.83. The van der Waals surface area contributed by atoms with E-state index in [-0.39, 0.29) is 10.6 Å². The molecule has 0 unspecified atom stereocenters. The second kappa shape index (κ2) is 7.92. The van der Waals surface area contributed by atoms with Crippen molar-refractivity contribution >= 4 is 40.6 Å². The third-order valence-corrected chi connectivity index (χ3v) is 5.22. The Morgan fingerprint density at radius 2 is 2.03 bits per heavy atom. The van der Waals surface area contributed by atoms with Gasteiger partial charge < -0.3 is 9.15 Å². The summed E-state index contributed by atoms with van der Waals surface area (Å²) in [4.78, 5) is 47.7. The summed E-state index contributed by atoms with van der Waals surface area (Å²) in [5.74, 6) is -0.510. The van der Waals surface area contributed by atoms with Crippen LogP contribution >= 0.6 is 11.8 Å². The van der Waals surface area contributed by atoms with Crippen LogP contribution in [0.2, 0.25) is 0 Å². The Bertz CT molecular complexity index is 1060. The van der Waals surface area contributed by atoms with Crippen molar-refractivity contribution in [2.75, 3.05) is 7.11 Å². The molecule has 0 saturated carbocycles. The number of benzene rings is 1. The minimum absolute atomic E-state index is 0.0218. The fraction of sp³-hybridized carbons (Fsp3) is 0.211. The van der Waals surface area contributed by atoms with Gasteiger partial charge in [0.15, 0.2) is 0 Å². The second-order valence-electron chi connectivity index (χ2n) is 6.21. The van der Waals surface area contributed by atoms with Crippen molar-refractivity contribution in [3.05, 3.63) is 56.7 Å². The molecule has 0 aliphatic carbocycles. The minimum Gasteiger partial charge on any atom is -0.467 e. The van der Waals surface area contributed by atoms with Crippen molar-refractivity contribution < 1.29 is 28.5 Å². The molecular formula is C19H16N2O7S. The highest BCUT2D eigenvalue weighted by atomic mass is 32.2. The Hall–Kier alpha value is -3.40. The van der Waals surface area contributed by atoms with E-state index in [0.717, 1.165) is 4.90 Å². The highest BCUT2D eigenvalue weighted by Gasteiger charge is 2.41. The van der Waals surface area contributed by atoms with Gasteiger partial charge in [-0.05, 0) is 49.4 Å². The number of hydrogen-bond donors (Lipinski definition) is 0. The van der Waals surface area contributed by atoms with E-state index in [1.807, 2.05) is 0 Å². The third-order valence-electron chi connectivity index (χ3n) is 4.34. The van der Waals surface area contributed by atoms with Crippen LogP contribution in [0.3, 0.4) is 0 Å². The number of aryl methyl sites for hydroxylation is 1. The van der Waals surface area contributed by atoms with Gasteiger partial charge in [0.1, 0.15) is 17.6 Å². The molecule has 1 aliphatic rings. The number of thioether (sulfide) groups is 1. The molecule has 0 N–H and O–H groups in total. The molecule has 0 radical (unpaired) electrons. The molecule has 1 aliphatic heterocycles. The van der Waals surface area contributed by atoms with Gasteiger partial charge in [-0.1, -0.05) is 0 Å². The van der Waals surface area contributed by atoms with Crippen LogP contribution in [0.5, 0.6) is 0 Å². The number of nitrogens with zero attached hydrogens (tertiary/aromatic N) is 2. The second-order valence-corrected chi connectivity index (χ2v) is 7.20. The lowest BCUT2D eigenvalue weighted by molar-refractivity contribution is -0.384. The maximum absolute atomic E-state index is 12.5. The number of imide groups is 1. The predicted molar refractivity (Wildman–Crippen MR) is 105 cm³/mol. The van der Waals surface area contributed by atoms with Crippen LogP contribution in [-0.2, 0) is 14.3 Å². The molecular weight excluding hydrogens is 400 g/mol. The molecule has 1 aromatic carbocycles. The highest BCUT2D eigenvalue weighted by Crippen LogP contribution is 2.35. The molecule has 1 saturated heterocycles. The summed E-state index contributed by atoms with van der Waals surface area (Å²) in [6, 6.07) is 6.66. The average Bonchev–Trinajstić information content (AvgIpc) is 3.25. The summed E-state index contributed by atoms with van der Waals surface area (Å²) in [5.41, 5.74) is 1.31. The lowest BCUT2D eigenvalue weighted by atomic mass is 10.1. The number of methoxy groups -OCH3 is 1. The zero-order valence-corrected chi connectivity index (χ0v) is 16.5. The molecule has 1 atom stereocenters. The smallest absolute Gasteiger partial charge is 0.328 e. The van der Waals surface area contributed by atoms with Gasteiger partial charge in [0.2, 0.25) is 0 Å². The van der Waals surface area contributed by atoms with E-state index >= 15 is 0 Å². The van der Waals surface area contributed by atoms with Crippen molar-refractivity contribution in [3.8, 4) is 11.3 Å². The van der Waals surface area contributed by atoms with Crippen LogP contribution in [0.1, 0.15) is 18.2 Å². The summed E-state index contributed by atoms with van der Waals surface area (Å²) < 4.78 is 10.3. The predicted octanol–water partition coefficient (Wildman–Crippen LogP) is 3.76. The number of carbonyl (C=O) groups excluding carboxylic acids is 3. The summed E-state index contributed by atoms with van der Waals surface area (Å²) in [7, 11) is 1.18. The van der Waals surface area contributed by atoms with E-state index < -0.39 is 28.1 Å². The topological polar surface area (TPSA) is 120 Å². The van der Waals surface area contributed by atoms with Gasteiger partial charge in [-0.15, -0.1) is 0 Å². The Morgan fingerprint density at radius 3 is 2.66 bits per heavy atom. The molecule has 2 amide bonds. The Labute approximate surface area is 169 Å². The third kappa shape index (κ3) is 3.92. The number of nitro groups is 1. The van der Waals surface area contributed by atoms with E-state index in [9.17, 15) is 24.5 Å². The number of carbonyl (C=O) groups is 3. The molecule has 29 heavy (non-hydrogen) atoms. The monoisotopic (exact) mass is 416 g/mol. The number of amides is 2. The molecule has 10 heteroatoms. The van der Waals surface area contributed by atoms with Crippen molar-refractivity contribution in [2.45, 2.75) is 19.9 Å². The molecule has 1 aromatic heterocycles. The SMILES string of the molecule is COC(=O)[C@@H](C)N1C(=O)S/C(=C/c2ccc(-c3ccc([N+](=O)[O-])cc3C)o2)C1=O. The van der Waals surface area contributed by atoms with Crippen LogP contribution in [0.4, 0.5) is 10.5 Å². The van der Waals surface area contributed by atoms with Crippen molar-refractivity contribution in [3.63, 3.8) is 0 Å². The number of non-ortho nitro benzene ring substituents is 1. The lowest BCUT2D eigenvalue weighted by Crippen LogP contribution is -2.42. The molecule has 2 heterocycles. The molecule has 1 fully saturated rings. The zero-order chi connectivity index (χ0) is 21.3. The normalized spacial score (nSPS) is 16.4. The molecule has 2 aromatic rings. The van der Waals surface area contributed by atoms with Gasteiger partial charge in [-0.25, -0.2) is 4.79 Å².